The van der Waals surface area contributed by atoms with Crippen LogP contribution in [0.3, 0.4) is 0 Å². The summed E-state index contributed by atoms with van der Waals surface area (Å²) < 4.78 is 0. The molecule has 0 fully saturated rings. The Labute approximate surface area is 143 Å². The molecule has 2 heterocycles. The van der Waals surface area contributed by atoms with Gasteiger partial charge in [0.05, 0.1) is 27.2 Å². The lowest BCUT2D eigenvalue weighted by molar-refractivity contribution is -0.384. The van der Waals surface area contributed by atoms with Crippen LogP contribution >= 0.6 is 11.6 Å². The number of aliphatic imine (C=N–C) groups is 1. The Bertz CT molecular complexity index is 1220. The molecule has 0 saturated carbocycles. The molecule has 0 spiro atoms. The second-order valence-electron chi connectivity index (χ2n) is 5.25. The molecule has 25 heavy (non-hydrogen) atoms. The van der Waals surface area contributed by atoms with E-state index in [-0.39, 0.29) is 16.3 Å². The zero-order valence-electron chi connectivity index (χ0n) is 12.4. The summed E-state index contributed by atoms with van der Waals surface area (Å²) in [6, 6.07) is 7.66. The van der Waals surface area contributed by atoms with Crippen LogP contribution in [0.5, 0.6) is 0 Å². The number of nitrogens with zero attached hydrogens (tertiary/aromatic N) is 3. The summed E-state index contributed by atoms with van der Waals surface area (Å²) in [4.78, 5) is 29.4. The standard InChI is InChI=1S/C15H9ClN6O3/c16-9-5-7(1-4-12(9)22(24)25)17-6-8-13-10(18-15(8)23)2-3-11-14(13)20-21-19-11/h1-6,19,21H,(H,18,23). The highest BCUT2D eigenvalue weighted by Gasteiger charge is 2.14. The number of H-pyrrole nitrogens is 3. The second-order valence-corrected chi connectivity index (χ2v) is 5.66. The summed E-state index contributed by atoms with van der Waals surface area (Å²) in [5.74, 6) is 0. The van der Waals surface area contributed by atoms with Crippen molar-refractivity contribution in [1.82, 2.24) is 20.4 Å². The van der Waals surface area contributed by atoms with Crippen molar-refractivity contribution in [3.63, 3.8) is 0 Å². The minimum absolute atomic E-state index is 0.0229. The number of nitrogens with one attached hydrogen (secondary N) is 3. The molecule has 0 aliphatic carbocycles. The predicted octanol–water partition coefficient (Wildman–Crippen LogP) is 3.04. The Balaban J connectivity index is 1.83. The highest BCUT2D eigenvalue weighted by Crippen LogP contribution is 2.29. The Kier molecular flexibility index (Phi) is 3.36. The monoisotopic (exact) mass is 356 g/mol. The third-order valence-corrected chi connectivity index (χ3v) is 4.07. The van der Waals surface area contributed by atoms with E-state index >= 15 is 0 Å². The molecule has 2 aromatic heterocycles. The van der Waals surface area contributed by atoms with Crippen molar-refractivity contribution in [2.75, 3.05) is 0 Å². The zero-order chi connectivity index (χ0) is 17.6. The van der Waals surface area contributed by atoms with Crippen molar-refractivity contribution in [2.45, 2.75) is 0 Å². The maximum absolute atomic E-state index is 12.2. The van der Waals surface area contributed by atoms with Crippen LogP contribution < -0.4 is 5.56 Å². The third kappa shape index (κ3) is 2.46. The minimum atomic E-state index is -0.573. The molecule has 4 aromatic rings. The van der Waals surface area contributed by atoms with Crippen LogP contribution in [0, 0.1) is 10.1 Å². The SMILES string of the molecule is O=c1[nH]c2ccc3[nH][nH]nc3c2c1C=Nc1ccc([N+](=O)[O-])c(Cl)c1. The van der Waals surface area contributed by atoms with Gasteiger partial charge in [-0.05, 0) is 24.3 Å². The molecule has 0 bridgehead atoms. The number of fused-ring (bicyclic) bond motifs is 3. The summed E-state index contributed by atoms with van der Waals surface area (Å²) in [6.45, 7) is 0. The number of nitro benzene ring substituents is 1. The molecule has 9 nitrogen and oxygen atoms in total. The van der Waals surface area contributed by atoms with Gasteiger partial charge in [-0.15, -0.1) is 0 Å². The van der Waals surface area contributed by atoms with E-state index in [9.17, 15) is 14.9 Å². The van der Waals surface area contributed by atoms with Crippen LogP contribution in [0.2, 0.25) is 5.02 Å². The van der Waals surface area contributed by atoms with Crippen molar-refractivity contribution in [1.29, 1.82) is 0 Å². The van der Waals surface area contributed by atoms with E-state index in [0.717, 1.165) is 5.52 Å². The zero-order valence-corrected chi connectivity index (χ0v) is 13.2. The topological polar surface area (TPSA) is 133 Å². The van der Waals surface area contributed by atoms with Gasteiger partial charge in [0.1, 0.15) is 10.5 Å². The molecule has 4 rings (SSSR count). The van der Waals surface area contributed by atoms with Crippen LogP contribution in [-0.2, 0) is 0 Å². The normalized spacial score (nSPS) is 11.7. The molecular formula is C15H9ClN6O3. The van der Waals surface area contributed by atoms with Gasteiger partial charge >= 0.3 is 0 Å². The Hall–Kier alpha value is -3.46. The first-order valence-electron chi connectivity index (χ1n) is 7.10. The number of hydrogen-bond acceptors (Lipinski definition) is 5. The molecule has 0 aliphatic rings. The van der Waals surface area contributed by atoms with Gasteiger partial charge in [0, 0.05) is 17.7 Å². The minimum Gasteiger partial charge on any atom is -0.321 e. The number of aromatic amines is 3. The number of rotatable bonds is 3. The molecule has 3 N–H and O–H groups in total. The van der Waals surface area contributed by atoms with E-state index in [2.05, 4.69) is 25.4 Å². The lowest BCUT2D eigenvalue weighted by Crippen LogP contribution is -2.04. The Morgan fingerprint density at radius 1 is 1.24 bits per heavy atom. The van der Waals surface area contributed by atoms with Gasteiger partial charge in [0.2, 0.25) is 0 Å². The summed E-state index contributed by atoms with van der Waals surface area (Å²) in [5, 5.41) is 21.0. The second kappa shape index (κ2) is 5.56. The van der Waals surface area contributed by atoms with Crippen molar-refractivity contribution in [3.05, 3.63) is 61.4 Å². The van der Waals surface area contributed by atoms with E-state index < -0.39 is 4.92 Å². The first-order chi connectivity index (χ1) is 12.0. The molecule has 10 heteroatoms. The highest BCUT2D eigenvalue weighted by atomic mass is 35.5. The fraction of sp³-hybridized carbons (Fsp3) is 0. The summed E-state index contributed by atoms with van der Waals surface area (Å²) in [7, 11) is 0. The van der Waals surface area contributed by atoms with E-state index in [0.29, 0.717) is 27.7 Å². The van der Waals surface area contributed by atoms with Gasteiger partial charge in [-0.2, -0.15) is 5.10 Å². The molecule has 0 amide bonds. The summed E-state index contributed by atoms with van der Waals surface area (Å²) >= 11 is 5.87. The number of aromatic nitrogens is 4. The van der Waals surface area contributed by atoms with E-state index in [1.54, 1.807) is 12.1 Å². The Morgan fingerprint density at radius 2 is 2.04 bits per heavy atom. The summed E-state index contributed by atoms with van der Waals surface area (Å²) in [6.07, 6.45) is 1.40. The predicted molar refractivity (Wildman–Crippen MR) is 93.9 cm³/mol. The fourth-order valence-corrected chi connectivity index (χ4v) is 2.86. The first-order valence-corrected chi connectivity index (χ1v) is 7.48. The van der Waals surface area contributed by atoms with Crippen LogP contribution in [-0.4, -0.2) is 31.5 Å². The van der Waals surface area contributed by atoms with Gasteiger partial charge in [0.25, 0.3) is 11.2 Å². The van der Waals surface area contributed by atoms with Crippen molar-refractivity contribution in [3.8, 4) is 0 Å². The Morgan fingerprint density at radius 3 is 2.80 bits per heavy atom. The number of nitro groups is 1. The van der Waals surface area contributed by atoms with Crippen molar-refractivity contribution >= 4 is 51.1 Å². The molecule has 124 valence electrons. The molecule has 2 aromatic carbocycles. The van der Waals surface area contributed by atoms with E-state index in [1.807, 2.05) is 0 Å². The van der Waals surface area contributed by atoms with Crippen LogP contribution in [0.25, 0.3) is 21.9 Å². The largest absolute Gasteiger partial charge is 0.321 e. The quantitative estimate of drug-likeness (QED) is 0.295. The van der Waals surface area contributed by atoms with Crippen molar-refractivity contribution in [2.24, 2.45) is 4.99 Å². The van der Waals surface area contributed by atoms with Crippen LogP contribution in [0.15, 0.2) is 40.1 Å². The molecule has 0 unspecified atom stereocenters. The number of benzene rings is 2. The maximum Gasteiger partial charge on any atom is 0.288 e. The van der Waals surface area contributed by atoms with Gasteiger partial charge in [-0.1, -0.05) is 11.6 Å². The average molecular weight is 357 g/mol. The molecule has 0 radical (unpaired) electrons. The van der Waals surface area contributed by atoms with Crippen molar-refractivity contribution < 1.29 is 4.92 Å². The van der Waals surface area contributed by atoms with E-state index in [1.165, 1.54) is 24.4 Å². The van der Waals surface area contributed by atoms with Gasteiger partial charge in [-0.3, -0.25) is 25.0 Å². The van der Waals surface area contributed by atoms with Gasteiger partial charge < -0.3 is 4.98 Å². The van der Waals surface area contributed by atoms with Crippen LogP contribution in [0.4, 0.5) is 11.4 Å². The molecular weight excluding hydrogens is 348 g/mol. The molecule has 0 saturated heterocycles. The summed E-state index contributed by atoms with van der Waals surface area (Å²) in [5.41, 5.74) is 2.23. The number of hydrogen-bond donors (Lipinski definition) is 3. The maximum atomic E-state index is 12.2. The molecule has 0 aliphatic heterocycles. The van der Waals surface area contributed by atoms with Crippen LogP contribution in [0.1, 0.15) is 5.56 Å². The van der Waals surface area contributed by atoms with Gasteiger partial charge in [-0.25, -0.2) is 5.21 Å². The average Bonchev–Trinajstić information content (AvgIpc) is 3.15. The van der Waals surface area contributed by atoms with E-state index in [4.69, 9.17) is 11.6 Å². The lowest BCUT2D eigenvalue weighted by atomic mass is 10.1. The highest BCUT2D eigenvalue weighted by molar-refractivity contribution is 6.32. The lowest BCUT2D eigenvalue weighted by Gasteiger charge is -1.97. The smallest absolute Gasteiger partial charge is 0.288 e. The number of halogens is 1. The molecule has 0 atom stereocenters. The first kappa shape index (κ1) is 15.1. The fourth-order valence-electron chi connectivity index (χ4n) is 2.62. The third-order valence-electron chi connectivity index (χ3n) is 3.77. The van der Waals surface area contributed by atoms with Gasteiger partial charge in [0.15, 0.2) is 0 Å².